The summed E-state index contributed by atoms with van der Waals surface area (Å²) in [6.45, 7) is 1.72. The van der Waals surface area contributed by atoms with Gasteiger partial charge < -0.3 is 10.1 Å². The van der Waals surface area contributed by atoms with Crippen molar-refractivity contribution in [3.63, 3.8) is 0 Å². The monoisotopic (exact) mass is 303 g/mol. The lowest BCUT2D eigenvalue weighted by molar-refractivity contribution is 0.0247. The molecule has 1 saturated heterocycles. The van der Waals surface area contributed by atoms with E-state index in [1.54, 1.807) is 0 Å². The van der Waals surface area contributed by atoms with Gasteiger partial charge in [-0.2, -0.15) is 0 Å². The number of hydrogen-bond donors (Lipinski definition) is 1. The van der Waals surface area contributed by atoms with E-state index in [2.05, 4.69) is 21.2 Å². The van der Waals surface area contributed by atoms with Gasteiger partial charge in [0, 0.05) is 17.6 Å². The van der Waals surface area contributed by atoms with Gasteiger partial charge in [-0.05, 0) is 37.5 Å². The van der Waals surface area contributed by atoms with Crippen LogP contribution >= 0.6 is 27.5 Å². The molecule has 16 heavy (non-hydrogen) atoms. The standard InChI is InChI=1S/C12H15BrClNO/c13-9-4-5-11(14)12(7-9)15-8-10-3-1-2-6-16-10/h4-5,7,10,15H,1-3,6,8H2. The van der Waals surface area contributed by atoms with Gasteiger partial charge in [0.1, 0.15) is 0 Å². The summed E-state index contributed by atoms with van der Waals surface area (Å²) >= 11 is 9.52. The summed E-state index contributed by atoms with van der Waals surface area (Å²) in [5.41, 5.74) is 0.963. The van der Waals surface area contributed by atoms with Crippen molar-refractivity contribution in [2.24, 2.45) is 0 Å². The summed E-state index contributed by atoms with van der Waals surface area (Å²) in [5, 5.41) is 4.09. The van der Waals surface area contributed by atoms with Gasteiger partial charge in [-0.25, -0.2) is 0 Å². The lowest BCUT2D eigenvalue weighted by Gasteiger charge is -2.23. The molecule has 2 nitrogen and oxygen atoms in total. The molecule has 4 heteroatoms. The zero-order chi connectivity index (χ0) is 11.4. The first kappa shape index (κ1) is 12.2. The van der Waals surface area contributed by atoms with Gasteiger partial charge in [0.25, 0.3) is 0 Å². The van der Waals surface area contributed by atoms with Crippen molar-refractivity contribution >= 4 is 33.2 Å². The van der Waals surface area contributed by atoms with Gasteiger partial charge >= 0.3 is 0 Å². The second-order valence-electron chi connectivity index (χ2n) is 3.99. The third-order valence-electron chi connectivity index (χ3n) is 2.72. The topological polar surface area (TPSA) is 21.3 Å². The Bertz CT molecular complexity index is 353. The maximum atomic E-state index is 6.09. The van der Waals surface area contributed by atoms with Crippen LogP contribution in [0.1, 0.15) is 19.3 Å². The van der Waals surface area contributed by atoms with Crippen LogP contribution in [0.15, 0.2) is 22.7 Å². The number of halogens is 2. The first-order valence-electron chi connectivity index (χ1n) is 5.56. The van der Waals surface area contributed by atoms with Crippen molar-refractivity contribution in [1.29, 1.82) is 0 Å². The second kappa shape index (κ2) is 5.89. The van der Waals surface area contributed by atoms with Crippen LogP contribution in [0.5, 0.6) is 0 Å². The van der Waals surface area contributed by atoms with Crippen molar-refractivity contribution in [3.8, 4) is 0 Å². The summed E-state index contributed by atoms with van der Waals surface area (Å²) in [5.74, 6) is 0. The average molecular weight is 305 g/mol. The molecule has 2 rings (SSSR count). The second-order valence-corrected chi connectivity index (χ2v) is 5.32. The van der Waals surface area contributed by atoms with E-state index >= 15 is 0 Å². The molecule has 88 valence electrons. The summed E-state index contributed by atoms with van der Waals surface area (Å²) < 4.78 is 6.68. The van der Waals surface area contributed by atoms with Crippen LogP contribution in [0, 0.1) is 0 Å². The van der Waals surface area contributed by atoms with Gasteiger partial charge in [0.05, 0.1) is 16.8 Å². The molecule has 0 bridgehead atoms. The van der Waals surface area contributed by atoms with E-state index in [-0.39, 0.29) is 0 Å². The van der Waals surface area contributed by atoms with Crippen molar-refractivity contribution in [1.82, 2.24) is 0 Å². The molecule has 1 heterocycles. The number of hydrogen-bond acceptors (Lipinski definition) is 2. The average Bonchev–Trinajstić information content (AvgIpc) is 2.32. The summed E-state index contributed by atoms with van der Waals surface area (Å²) in [7, 11) is 0. The maximum Gasteiger partial charge on any atom is 0.0747 e. The van der Waals surface area contributed by atoms with Crippen molar-refractivity contribution < 1.29 is 4.74 Å². The zero-order valence-corrected chi connectivity index (χ0v) is 11.4. The van der Waals surface area contributed by atoms with E-state index in [4.69, 9.17) is 16.3 Å². The molecular formula is C12H15BrClNO. The smallest absolute Gasteiger partial charge is 0.0747 e. The Morgan fingerprint density at radius 1 is 1.44 bits per heavy atom. The van der Waals surface area contributed by atoms with Gasteiger partial charge in [0.2, 0.25) is 0 Å². The fraction of sp³-hybridized carbons (Fsp3) is 0.500. The van der Waals surface area contributed by atoms with Gasteiger partial charge in [-0.1, -0.05) is 27.5 Å². The van der Waals surface area contributed by atoms with Crippen LogP contribution < -0.4 is 5.32 Å². The Hall–Kier alpha value is -0.250. The fourth-order valence-corrected chi connectivity index (χ4v) is 2.37. The van der Waals surface area contributed by atoms with Gasteiger partial charge in [-0.15, -0.1) is 0 Å². The van der Waals surface area contributed by atoms with Gasteiger partial charge in [-0.3, -0.25) is 0 Å². The van der Waals surface area contributed by atoms with E-state index in [0.29, 0.717) is 6.10 Å². The molecule has 0 aliphatic carbocycles. The molecule has 1 aliphatic rings. The van der Waals surface area contributed by atoms with E-state index in [1.165, 1.54) is 12.8 Å². The first-order valence-corrected chi connectivity index (χ1v) is 6.73. The molecule has 1 N–H and O–H groups in total. The van der Waals surface area contributed by atoms with Gasteiger partial charge in [0.15, 0.2) is 0 Å². The van der Waals surface area contributed by atoms with E-state index in [0.717, 1.165) is 34.8 Å². The molecule has 1 aliphatic heterocycles. The normalized spacial score (nSPS) is 20.8. The SMILES string of the molecule is Clc1ccc(Br)cc1NCC1CCCCO1. The Kier molecular flexibility index (Phi) is 4.50. The number of ether oxygens (including phenoxy) is 1. The summed E-state index contributed by atoms with van der Waals surface area (Å²) in [6, 6.07) is 5.81. The lowest BCUT2D eigenvalue weighted by atomic mass is 10.1. The van der Waals surface area contributed by atoms with Crippen LogP contribution in [-0.2, 0) is 4.74 Å². The first-order chi connectivity index (χ1) is 7.75. The lowest BCUT2D eigenvalue weighted by Crippen LogP contribution is -2.27. The number of benzene rings is 1. The van der Waals surface area contributed by atoms with Crippen LogP contribution in [0.2, 0.25) is 5.02 Å². The molecule has 0 aromatic heterocycles. The quantitative estimate of drug-likeness (QED) is 0.908. The molecule has 0 radical (unpaired) electrons. The minimum atomic E-state index is 0.323. The highest BCUT2D eigenvalue weighted by Crippen LogP contribution is 2.26. The Labute approximate surface area is 109 Å². The molecule has 1 fully saturated rings. The zero-order valence-electron chi connectivity index (χ0n) is 9.01. The van der Waals surface area contributed by atoms with E-state index in [1.807, 2.05) is 18.2 Å². The van der Waals surface area contributed by atoms with Crippen molar-refractivity contribution in [2.75, 3.05) is 18.5 Å². The Morgan fingerprint density at radius 2 is 2.31 bits per heavy atom. The van der Waals surface area contributed by atoms with E-state index in [9.17, 15) is 0 Å². The molecule has 1 aromatic carbocycles. The molecule has 1 aromatic rings. The molecular weight excluding hydrogens is 289 g/mol. The van der Waals surface area contributed by atoms with E-state index < -0.39 is 0 Å². The van der Waals surface area contributed by atoms with Crippen LogP contribution in [0.3, 0.4) is 0 Å². The third-order valence-corrected chi connectivity index (χ3v) is 3.55. The molecule has 1 atom stereocenters. The van der Waals surface area contributed by atoms with Crippen LogP contribution in [0.4, 0.5) is 5.69 Å². The van der Waals surface area contributed by atoms with Crippen molar-refractivity contribution in [3.05, 3.63) is 27.7 Å². The summed E-state index contributed by atoms with van der Waals surface area (Å²) in [4.78, 5) is 0. The molecule has 0 saturated carbocycles. The predicted octanol–water partition coefficient (Wildman–Crippen LogP) is 4.08. The highest BCUT2D eigenvalue weighted by Gasteiger charge is 2.13. The number of nitrogens with one attached hydrogen (secondary N) is 1. The van der Waals surface area contributed by atoms with Crippen LogP contribution in [0.25, 0.3) is 0 Å². The molecule has 1 unspecified atom stereocenters. The largest absolute Gasteiger partial charge is 0.381 e. The molecule has 0 spiro atoms. The molecule has 0 amide bonds. The highest BCUT2D eigenvalue weighted by molar-refractivity contribution is 9.10. The van der Waals surface area contributed by atoms with Crippen molar-refractivity contribution in [2.45, 2.75) is 25.4 Å². The predicted molar refractivity (Wildman–Crippen MR) is 71.2 cm³/mol. The Morgan fingerprint density at radius 3 is 3.06 bits per heavy atom. The minimum absolute atomic E-state index is 0.323. The minimum Gasteiger partial charge on any atom is -0.381 e. The highest BCUT2D eigenvalue weighted by atomic mass is 79.9. The third kappa shape index (κ3) is 3.37. The number of anilines is 1. The van der Waals surface area contributed by atoms with Crippen LogP contribution in [-0.4, -0.2) is 19.3 Å². The fourth-order valence-electron chi connectivity index (χ4n) is 1.83. The number of rotatable bonds is 3. The Balaban J connectivity index is 1.90. The summed E-state index contributed by atoms with van der Waals surface area (Å²) in [6.07, 6.45) is 3.91. The maximum absolute atomic E-state index is 6.09.